The van der Waals surface area contributed by atoms with Crippen molar-refractivity contribution in [2.45, 2.75) is 6.54 Å². The van der Waals surface area contributed by atoms with Gasteiger partial charge < -0.3 is 0 Å². The molecular formula is C9H9ClN4O. The summed E-state index contributed by atoms with van der Waals surface area (Å²) in [5, 5.41) is 8.22. The van der Waals surface area contributed by atoms with Gasteiger partial charge in [0.2, 0.25) is 5.78 Å². The summed E-state index contributed by atoms with van der Waals surface area (Å²) >= 11 is 5.85. The van der Waals surface area contributed by atoms with Crippen molar-refractivity contribution in [2.75, 3.05) is 0 Å². The van der Waals surface area contributed by atoms with Crippen molar-refractivity contribution in [3.05, 3.63) is 35.4 Å². The maximum Gasteiger partial charge on any atom is 0.203 e. The van der Waals surface area contributed by atoms with E-state index in [9.17, 15) is 4.79 Å². The summed E-state index contributed by atoms with van der Waals surface area (Å²) in [6, 6.07) is 1.76. The topological polar surface area (TPSA) is 52.7 Å². The van der Waals surface area contributed by atoms with Gasteiger partial charge in [-0.05, 0) is 6.07 Å². The number of rotatable bonds is 3. The third-order valence-electron chi connectivity index (χ3n) is 2.02. The van der Waals surface area contributed by atoms with Crippen LogP contribution in [0, 0.1) is 0 Å². The molecule has 5 nitrogen and oxygen atoms in total. The molecule has 0 atom stereocenters. The van der Waals surface area contributed by atoms with Crippen LogP contribution in [0.2, 0.25) is 5.02 Å². The van der Waals surface area contributed by atoms with E-state index in [2.05, 4.69) is 10.2 Å². The molecule has 2 rings (SSSR count). The summed E-state index contributed by atoms with van der Waals surface area (Å²) in [6.07, 6.45) is 4.80. The molecule has 2 heterocycles. The van der Waals surface area contributed by atoms with E-state index in [0.29, 0.717) is 10.7 Å². The van der Waals surface area contributed by atoms with Crippen molar-refractivity contribution in [2.24, 2.45) is 7.05 Å². The molecule has 0 saturated carbocycles. The number of hydrogen-bond acceptors (Lipinski definition) is 3. The van der Waals surface area contributed by atoms with Crippen LogP contribution in [0.1, 0.15) is 10.5 Å². The average molecular weight is 225 g/mol. The molecule has 0 aliphatic carbocycles. The van der Waals surface area contributed by atoms with Gasteiger partial charge in [0.25, 0.3) is 0 Å². The van der Waals surface area contributed by atoms with Crippen molar-refractivity contribution in [1.82, 2.24) is 19.6 Å². The molecule has 0 amide bonds. The van der Waals surface area contributed by atoms with Crippen LogP contribution in [-0.2, 0) is 13.6 Å². The minimum absolute atomic E-state index is 0.108. The Balaban J connectivity index is 2.22. The van der Waals surface area contributed by atoms with E-state index in [0.717, 1.165) is 0 Å². The van der Waals surface area contributed by atoms with Gasteiger partial charge in [-0.15, -0.1) is 0 Å². The van der Waals surface area contributed by atoms with Crippen LogP contribution >= 0.6 is 11.6 Å². The maximum atomic E-state index is 11.8. The Kier molecular flexibility index (Phi) is 2.55. The van der Waals surface area contributed by atoms with Crippen LogP contribution in [0.3, 0.4) is 0 Å². The molecule has 15 heavy (non-hydrogen) atoms. The van der Waals surface area contributed by atoms with E-state index in [4.69, 9.17) is 11.6 Å². The van der Waals surface area contributed by atoms with Gasteiger partial charge in [-0.3, -0.25) is 14.2 Å². The molecule has 2 aromatic heterocycles. The van der Waals surface area contributed by atoms with Crippen molar-refractivity contribution >= 4 is 17.4 Å². The number of carbonyl (C=O) groups is 1. The first-order valence-corrected chi connectivity index (χ1v) is 4.74. The molecule has 0 radical (unpaired) electrons. The second-order valence-electron chi connectivity index (χ2n) is 3.09. The Labute approximate surface area is 91.3 Å². The molecule has 0 aliphatic rings. The Hall–Kier alpha value is -1.62. The zero-order valence-corrected chi connectivity index (χ0v) is 8.85. The van der Waals surface area contributed by atoms with E-state index in [-0.39, 0.29) is 12.3 Å². The molecule has 0 aromatic carbocycles. The Morgan fingerprint density at radius 2 is 2.33 bits per heavy atom. The highest BCUT2D eigenvalue weighted by Crippen LogP contribution is 2.14. The average Bonchev–Trinajstić information content (AvgIpc) is 2.77. The first-order valence-electron chi connectivity index (χ1n) is 4.36. The molecule has 0 unspecified atom stereocenters. The van der Waals surface area contributed by atoms with Gasteiger partial charge in [-0.2, -0.15) is 10.2 Å². The summed E-state index contributed by atoms with van der Waals surface area (Å²) in [5.41, 5.74) is 0.409. The zero-order chi connectivity index (χ0) is 10.8. The van der Waals surface area contributed by atoms with E-state index < -0.39 is 0 Å². The molecule has 0 fully saturated rings. The van der Waals surface area contributed by atoms with E-state index in [1.807, 2.05) is 0 Å². The standard InChI is InChI=1S/C9H9ClN4O/c1-13-9(7(10)5-12-13)8(15)6-14-4-2-3-11-14/h2-5H,6H2,1H3. The lowest BCUT2D eigenvalue weighted by Crippen LogP contribution is -2.14. The second-order valence-corrected chi connectivity index (χ2v) is 3.50. The summed E-state index contributed by atoms with van der Waals surface area (Å²) in [5.74, 6) is -0.108. The molecule has 0 saturated heterocycles. The smallest absolute Gasteiger partial charge is 0.203 e. The van der Waals surface area contributed by atoms with Gasteiger partial charge >= 0.3 is 0 Å². The van der Waals surface area contributed by atoms with Crippen LogP contribution < -0.4 is 0 Å². The lowest BCUT2D eigenvalue weighted by molar-refractivity contribution is 0.0958. The van der Waals surface area contributed by atoms with Crippen LogP contribution in [0.4, 0.5) is 0 Å². The molecule has 6 heteroatoms. The minimum atomic E-state index is -0.108. The van der Waals surface area contributed by atoms with Gasteiger partial charge in [-0.25, -0.2) is 0 Å². The van der Waals surface area contributed by atoms with Crippen molar-refractivity contribution in [3.8, 4) is 0 Å². The third-order valence-corrected chi connectivity index (χ3v) is 2.30. The summed E-state index contributed by atoms with van der Waals surface area (Å²) in [6.45, 7) is 0.173. The third kappa shape index (κ3) is 1.92. The van der Waals surface area contributed by atoms with E-state index >= 15 is 0 Å². The molecule has 0 N–H and O–H groups in total. The van der Waals surface area contributed by atoms with Gasteiger partial charge in [0, 0.05) is 19.4 Å². The number of ketones is 1. The lowest BCUT2D eigenvalue weighted by Gasteiger charge is -2.02. The number of Topliss-reactive ketones (excluding diaryl/α,β-unsaturated/α-hetero) is 1. The highest BCUT2D eigenvalue weighted by molar-refractivity contribution is 6.33. The fraction of sp³-hybridized carbons (Fsp3) is 0.222. The molecule has 78 valence electrons. The number of hydrogen-bond donors (Lipinski definition) is 0. The fourth-order valence-corrected chi connectivity index (χ4v) is 1.61. The van der Waals surface area contributed by atoms with Crippen molar-refractivity contribution in [3.63, 3.8) is 0 Å². The first-order chi connectivity index (χ1) is 7.18. The van der Waals surface area contributed by atoms with Crippen molar-refractivity contribution in [1.29, 1.82) is 0 Å². The van der Waals surface area contributed by atoms with Crippen LogP contribution in [0.25, 0.3) is 0 Å². The van der Waals surface area contributed by atoms with E-state index in [1.54, 1.807) is 30.2 Å². The molecule has 0 bridgehead atoms. The molecule has 0 spiro atoms. The summed E-state index contributed by atoms with van der Waals surface area (Å²) < 4.78 is 3.01. The maximum absolute atomic E-state index is 11.8. The number of halogens is 1. The Morgan fingerprint density at radius 3 is 2.87 bits per heavy atom. The normalized spacial score (nSPS) is 10.5. The van der Waals surface area contributed by atoms with Crippen molar-refractivity contribution < 1.29 is 4.79 Å². The highest BCUT2D eigenvalue weighted by atomic mass is 35.5. The molecular weight excluding hydrogens is 216 g/mol. The predicted molar refractivity (Wildman–Crippen MR) is 54.8 cm³/mol. The lowest BCUT2D eigenvalue weighted by atomic mass is 10.3. The van der Waals surface area contributed by atoms with Gasteiger partial charge in [0.1, 0.15) is 12.2 Å². The van der Waals surface area contributed by atoms with Crippen LogP contribution in [0.5, 0.6) is 0 Å². The minimum Gasteiger partial charge on any atom is -0.290 e. The Bertz CT molecular complexity index is 455. The Morgan fingerprint density at radius 1 is 1.53 bits per heavy atom. The summed E-state index contributed by atoms with van der Waals surface area (Å²) in [4.78, 5) is 11.8. The number of aromatic nitrogens is 4. The van der Waals surface area contributed by atoms with Gasteiger partial charge in [-0.1, -0.05) is 11.6 Å². The molecule has 2 aromatic rings. The first kappa shape index (κ1) is 9.92. The largest absolute Gasteiger partial charge is 0.290 e. The quantitative estimate of drug-likeness (QED) is 0.735. The highest BCUT2D eigenvalue weighted by Gasteiger charge is 2.15. The zero-order valence-electron chi connectivity index (χ0n) is 8.09. The summed E-state index contributed by atoms with van der Waals surface area (Å²) in [7, 11) is 1.68. The van der Waals surface area contributed by atoms with Crippen LogP contribution in [0.15, 0.2) is 24.7 Å². The monoisotopic (exact) mass is 224 g/mol. The van der Waals surface area contributed by atoms with E-state index in [1.165, 1.54) is 10.9 Å². The van der Waals surface area contributed by atoms with Crippen LogP contribution in [-0.4, -0.2) is 25.3 Å². The fourth-order valence-electron chi connectivity index (χ4n) is 1.34. The number of aryl methyl sites for hydroxylation is 1. The van der Waals surface area contributed by atoms with Gasteiger partial charge in [0.05, 0.1) is 11.2 Å². The number of nitrogens with zero attached hydrogens (tertiary/aromatic N) is 4. The predicted octanol–water partition coefficient (Wildman–Crippen LogP) is 1.15. The molecule has 0 aliphatic heterocycles. The second kappa shape index (κ2) is 3.86. The van der Waals surface area contributed by atoms with Gasteiger partial charge in [0.15, 0.2) is 0 Å². The number of carbonyl (C=O) groups excluding carboxylic acids is 1. The SMILES string of the molecule is Cn1ncc(Cl)c1C(=O)Cn1cccn1.